The molecule has 6 nitrogen and oxygen atoms in total. The van der Waals surface area contributed by atoms with E-state index in [4.69, 9.17) is 9.47 Å². The molecule has 21 heavy (non-hydrogen) atoms. The molecule has 3 heterocycles. The van der Waals surface area contributed by atoms with Crippen LogP contribution >= 0.6 is 0 Å². The zero-order valence-corrected chi connectivity index (χ0v) is 11.7. The lowest BCUT2D eigenvalue weighted by atomic mass is 9.92. The summed E-state index contributed by atoms with van der Waals surface area (Å²) in [5, 5.41) is 3.36. The molecule has 0 saturated carbocycles. The Balaban J connectivity index is 1.76. The van der Waals surface area contributed by atoms with Gasteiger partial charge in [-0.05, 0) is 24.1 Å². The van der Waals surface area contributed by atoms with Gasteiger partial charge in [0.1, 0.15) is 13.2 Å². The fourth-order valence-corrected chi connectivity index (χ4v) is 3.48. The highest BCUT2D eigenvalue weighted by Gasteiger charge is 2.42. The van der Waals surface area contributed by atoms with E-state index in [0.717, 1.165) is 23.2 Å². The maximum atomic E-state index is 12.0. The number of ether oxygens (including phenoxy) is 2. The van der Waals surface area contributed by atoms with Crippen LogP contribution in [0.3, 0.4) is 0 Å². The molecule has 2 atom stereocenters. The molecule has 1 amide bonds. The summed E-state index contributed by atoms with van der Waals surface area (Å²) in [5.41, 5.74) is 3.67. The molecule has 3 aliphatic rings. The Morgan fingerprint density at radius 1 is 1.24 bits per heavy atom. The number of cyclic esters (lactones) is 2. The van der Waals surface area contributed by atoms with Crippen LogP contribution in [-0.2, 0) is 16.1 Å². The van der Waals surface area contributed by atoms with Gasteiger partial charge in [-0.3, -0.25) is 4.90 Å². The average Bonchev–Trinajstić information content (AvgIpc) is 3.05. The number of esters is 1. The van der Waals surface area contributed by atoms with Gasteiger partial charge >= 0.3 is 12.1 Å². The molecular formula is C15H16N2O4. The van der Waals surface area contributed by atoms with Crippen molar-refractivity contribution in [2.24, 2.45) is 0 Å². The quantitative estimate of drug-likeness (QED) is 0.785. The van der Waals surface area contributed by atoms with E-state index in [0.29, 0.717) is 25.3 Å². The van der Waals surface area contributed by atoms with Gasteiger partial charge in [-0.15, -0.1) is 0 Å². The lowest BCUT2D eigenvalue weighted by molar-refractivity contribution is 0.0535. The van der Waals surface area contributed by atoms with E-state index < -0.39 is 0 Å². The number of amides is 1. The highest BCUT2D eigenvalue weighted by Crippen LogP contribution is 2.35. The standard InChI is InChI=1S/C15H16N2O4/c1-8-10(2-3-11-12(8)7-20-14(11)18)13-5-16-4-9-6-21-15(19)17(9)13/h2-3,9,13,16H,4-7H2,1H3/t9-,13+/m1/s1. The van der Waals surface area contributed by atoms with Gasteiger partial charge < -0.3 is 14.8 Å². The Hall–Kier alpha value is -2.08. The van der Waals surface area contributed by atoms with Crippen LogP contribution in [-0.4, -0.2) is 42.7 Å². The third-order valence-electron chi connectivity index (χ3n) is 4.62. The van der Waals surface area contributed by atoms with E-state index in [1.807, 2.05) is 17.9 Å². The number of rotatable bonds is 1. The second kappa shape index (κ2) is 4.46. The fraction of sp³-hybridized carbons (Fsp3) is 0.467. The molecule has 2 fully saturated rings. The second-order valence-corrected chi connectivity index (χ2v) is 5.69. The summed E-state index contributed by atoms with van der Waals surface area (Å²) < 4.78 is 10.3. The molecule has 1 aromatic carbocycles. The Labute approximate surface area is 122 Å². The monoisotopic (exact) mass is 288 g/mol. The zero-order chi connectivity index (χ0) is 14.6. The fourth-order valence-electron chi connectivity index (χ4n) is 3.48. The lowest BCUT2D eigenvalue weighted by Gasteiger charge is -2.37. The molecule has 1 N–H and O–H groups in total. The number of benzene rings is 1. The summed E-state index contributed by atoms with van der Waals surface area (Å²) in [6.45, 7) is 4.20. The van der Waals surface area contributed by atoms with Crippen molar-refractivity contribution < 1.29 is 19.1 Å². The Kier molecular flexibility index (Phi) is 2.68. The summed E-state index contributed by atoms with van der Waals surface area (Å²) in [5.74, 6) is -0.264. The van der Waals surface area contributed by atoms with E-state index in [1.165, 1.54) is 0 Å². The van der Waals surface area contributed by atoms with Crippen LogP contribution in [0.25, 0.3) is 0 Å². The highest BCUT2D eigenvalue weighted by molar-refractivity contribution is 5.94. The van der Waals surface area contributed by atoms with E-state index in [9.17, 15) is 9.59 Å². The van der Waals surface area contributed by atoms with E-state index in [-0.39, 0.29) is 24.1 Å². The predicted molar refractivity (Wildman–Crippen MR) is 72.9 cm³/mol. The molecule has 0 spiro atoms. The zero-order valence-electron chi connectivity index (χ0n) is 11.7. The maximum absolute atomic E-state index is 12.0. The molecule has 0 aromatic heterocycles. The number of hydrogen-bond donors (Lipinski definition) is 1. The summed E-state index contributed by atoms with van der Waals surface area (Å²) in [4.78, 5) is 25.4. The topological polar surface area (TPSA) is 67.9 Å². The SMILES string of the molecule is Cc1c([C@@H]2CNC[C@@H]3COC(=O)N32)ccc2c1COC2=O. The van der Waals surface area contributed by atoms with Gasteiger partial charge in [0, 0.05) is 18.7 Å². The summed E-state index contributed by atoms with van der Waals surface area (Å²) in [6, 6.07) is 3.76. The van der Waals surface area contributed by atoms with Crippen LogP contribution < -0.4 is 5.32 Å². The first kappa shape index (κ1) is 12.6. The van der Waals surface area contributed by atoms with E-state index >= 15 is 0 Å². The van der Waals surface area contributed by atoms with Gasteiger partial charge in [0.2, 0.25) is 0 Å². The van der Waals surface area contributed by atoms with Crippen LogP contribution in [0.4, 0.5) is 4.79 Å². The summed E-state index contributed by atoms with van der Waals surface area (Å²) in [7, 11) is 0. The van der Waals surface area contributed by atoms with Crippen molar-refractivity contribution in [1.82, 2.24) is 10.2 Å². The van der Waals surface area contributed by atoms with Gasteiger partial charge in [0.05, 0.1) is 17.6 Å². The van der Waals surface area contributed by atoms with Gasteiger partial charge in [-0.1, -0.05) is 6.07 Å². The van der Waals surface area contributed by atoms with Gasteiger partial charge in [-0.2, -0.15) is 0 Å². The second-order valence-electron chi connectivity index (χ2n) is 5.69. The number of nitrogens with one attached hydrogen (secondary N) is 1. The molecule has 6 heteroatoms. The summed E-state index contributed by atoms with van der Waals surface area (Å²) >= 11 is 0. The third kappa shape index (κ3) is 1.75. The van der Waals surface area contributed by atoms with E-state index in [1.54, 1.807) is 6.07 Å². The third-order valence-corrected chi connectivity index (χ3v) is 4.62. The lowest BCUT2D eigenvalue weighted by Crippen LogP contribution is -2.52. The maximum Gasteiger partial charge on any atom is 0.410 e. The smallest absolute Gasteiger partial charge is 0.410 e. The first-order chi connectivity index (χ1) is 10.2. The molecule has 4 rings (SSSR count). The van der Waals surface area contributed by atoms with Crippen molar-refractivity contribution in [3.05, 3.63) is 34.4 Å². The predicted octanol–water partition coefficient (Wildman–Crippen LogP) is 1.13. The molecule has 0 aliphatic carbocycles. The molecule has 110 valence electrons. The minimum atomic E-state index is -0.264. The molecule has 3 aliphatic heterocycles. The molecule has 0 radical (unpaired) electrons. The Bertz CT molecular complexity index is 643. The van der Waals surface area contributed by atoms with Crippen molar-refractivity contribution in [3.63, 3.8) is 0 Å². The first-order valence-electron chi connectivity index (χ1n) is 7.12. The minimum absolute atomic E-state index is 0.0558. The van der Waals surface area contributed by atoms with Crippen molar-refractivity contribution in [2.75, 3.05) is 19.7 Å². The normalized spacial score (nSPS) is 27.2. The van der Waals surface area contributed by atoms with Crippen molar-refractivity contribution in [1.29, 1.82) is 0 Å². The van der Waals surface area contributed by atoms with Gasteiger partial charge in [-0.25, -0.2) is 9.59 Å². The van der Waals surface area contributed by atoms with E-state index in [2.05, 4.69) is 5.32 Å². The number of piperazine rings is 1. The molecule has 0 bridgehead atoms. The number of hydrogen-bond acceptors (Lipinski definition) is 5. The van der Waals surface area contributed by atoms with Crippen molar-refractivity contribution in [2.45, 2.75) is 25.6 Å². The average molecular weight is 288 g/mol. The van der Waals surface area contributed by atoms with Gasteiger partial charge in [0.15, 0.2) is 0 Å². The van der Waals surface area contributed by atoms with Crippen LogP contribution in [0.1, 0.15) is 33.1 Å². The highest BCUT2D eigenvalue weighted by atomic mass is 16.6. The van der Waals surface area contributed by atoms with Crippen LogP contribution in [0, 0.1) is 6.92 Å². The van der Waals surface area contributed by atoms with Crippen molar-refractivity contribution >= 4 is 12.1 Å². The van der Waals surface area contributed by atoms with Crippen LogP contribution in [0.5, 0.6) is 0 Å². The molecule has 1 aromatic rings. The largest absolute Gasteiger partial charge is 0.457 e. The molecular weight excluding hydrogens is 272 g/mol. The number of carbonyl (C=O) groups excluding carboxylic acids is 2. The Morgan fingerprint density at radius 2 is 2.10 bits per heavy atom. The molecule has 0 unspecified atom stereocenters. The number of fused-ring (bicyclic) bond motifs is 2. The Morgan fingerprint density at radius 3 is 2.95 bits per heavy atom. The van der Waals surface area contributed by atoms with Crippen LogP contribution in [0.15, 0.2) is 12.1 Å². The first-order valence-corrected chi connectivity index (χ1v) is 7.12. The number of nitrogens with zero attached hydrogens (tertiary/aromatic N) is 1. The summed E-state index contributed by atoms with van der Waals surface area (Å²) in [6.07, 6.45) is -0.251. The number of carbonyl (C=O) groups is 2. The molecule has 2 saturated heterocycles. The van der Waals surface area contributed by atoms with Crippen LogP contribution in [0.2, 0.25) is 0 Å². The minimum Gasteiger partial charge on any atom is -0.457 e. The van der Waals surface area contributed by atoms with Gasteiger partial charge in [0.25, 0.3) is 0 Å². The van der Waals surface area contributed by atoms with Crippen molar-refractivity contribution in [3.8, 4) is 0 Å².